The van der Waals surface area contributed by atoms with Crippen molar-refractivity contribution in [2.24, 2.45) is 5.92 Å². The second kappa shape index (κ2) is 2.12. The summed E-state index contributed by atoms with van der Waals surface area (Å²) in [5, 5.41) is 0. The predicted molar refractivity (Wildman–Crippen MR) is 32.1 cm³/mol. The van der Waals surface area contributed by atoms with E-state index in [2.05, 4.69) is 5.48 Å². The summed E-state index contributed by atoms with van der Waals surface area (Å²) in [4.78, 5) is 15.3. The van der Waals surface area contributed by atoms with Gasteiger partial charge < -0.3 is 4.74 Å². The third kappa shape index (κ3) is 1.07. The summed E-state index contributed by atoms with van der Waals surface area (Å²) in [6, 6.07) is 0. The van der Waals surface area contributed by atoms with Crippen molar-refractivity contribution in [2.45, 2.75) is 18.9 Å². The molecule has 0 bridgehead atoms. The van der Waals surface area contributed by atoms with Gasteiger partial charge in [-0.2, -0.15) is 5.48 Å². The maximum Gasteiger partial charge on any atom is 0.431 e. The van der Waals surface area contributed by atoms with E-state index in [9.17, 15) is 4.79 Å². The Kier molecular flexibility index (Phi) is 1.27. The Morgan fingerprint density at radius 3 is 2.90 bits per heavy atom. The average Bonchev–Trinajstić information content (AvgIpc) is 2.68. The first-order valence-corrected chi connectivity index (χ1v) is 3.44. The van der Waals surface area contributed by atoms with Crippen LogP contribution >= 0.6 is 0 Å². The molecule has 1 aliphatic carbocycles. The fraction of sp³-hybridized carbons (Fsp3) is 0.833. The van der Waals surface area contributed by atoms with E-state index in [0.29, 0.717) is 12.5 Å². The van der Waals surface area contributed by atoms with Crippen LogP contribution in [0.2, 0.25) is 0 Å². The number of rotatable bonds is 1. The molecule has 1 heterocycles. The summed E-state index contributed by atoms with van der Waals surface area (Å²) in [5.41, 5.74) is 2.13. The first kappa shape index (κ1) is 5.97. The molecular formula is C6H9NO3. The van der Waals surface area contributed by atoms with Gasteiger partial charge in [-0.05, 0) is 18.8 Å². The number of carbonyl (C=O) groups excluding carboxylic acids is 1. The molecule has 10 heavy (non-hydrogen) atoms. The average molecular weight is 143 g/mol. The maximum atomic E-state index is 10.5. The highest BCUT2D eigenvalue weighted by Gasteiger charge is 2.36. The Morgan fingerprint density at radius 2 is 2.30 bits per heavy atom. The second-order valence-electron chi connectivity index (χ2n) is 2.69. The van der Waals surface area contributed by atoms with Gasteiger partial charge in [0.2, 0.25) is 0 Å². The van der Waals surface area contributed by atoms with Crippen molar-refractivity contribution in [3.63, 3.8) is 0 Å². The zero-order chi connectivity index (χ0) is 6.97. The van der Waals surface area contributed by atoms with E-state index < -0.39 is 6.09 Å². The van der Waals surface area contributed by atoms with Crippen molar-refractivity contribution >= 4 is 6.09 Å². The third-order valence-corrected chi connectivity index (χ3v) is 1.81. The Bertz CT molecular complexity index is 155. The molecule has 1 amide bonds. The summed E-state index contributed by atoms with van der Waals surface area (Å²) in [6.07, 6.45) is 1.89. The lowest BCUT2D eigenvalue weighted by Gasteiger charge is -2.21. The van der Waals surface area contributed by atoms with E-state index in [1.807, 2.05) is 0 Å². The van der Waals surface area contributed by atoms with Crippen LogP contribution in [0.4, 0.5) is 4.79 Å². The van der Waals surface area contributed by atoms with Crippen LogP contribution in [0.25, 0.3) is 0 Å². The lowest BCUT2D eigenvalue weighted by Crippen LogP contribution is -2.40. The summed E-state index contributed by atoms with van der Waals surface area (Å²) in [7, 11) is 0. The Hall–Kier alpha value is -0.770. The van der Waals surface area contributed by atoms with Crippen LogP contribution in [0.1, 0.15) is 12.8 Å². The van der Waals surface area contributed by atoms with Crippen LogP contribution in [-0.4, -0.2) is 18.8 Å². The number of cyclic esters (lactones) is 1. The van der Waals surface area contributed by atoms with Crippen LogP contribution in [0.15, 0.2) is 0 Å². The molecule has 2 rings (SSSR count). The van der Waals surface area contributed by atoms with Gasteiger partial charge in [-0.25, -0.2) is 4.79 Å². The fourth-order valence-electron chi connectivity index (χ4n) is 1.08. The Labute approximate surface area is 58.4 Å². The normalized spacial score (nSPS) is 32.8. The van der Waals surface area contributed by atoms with Gasteiger partial charge >= 0.3 is 6.09 Å². The van der Waals surface area contributed by atoms with Crippen LogP contribution in [0.5, 0.6) is 0 Å². The number of hydrogen-bond donors (Lipinski definition) is 1. The third-order valence-electron chi connectivity index (χ3n) is 1.81. The van der Waals surface area contributed by atoms with E-state index in [4.69, 9.17) is 9.57 Å². The van der Waals surface area contributed by atoms with Gasteiger partial charge in [0.25, 0.3) is 0 Å². The monoisotopic (exact) mass is 143 g/mol. The number of nitrogens with one attached hydrogen (secondary N) is 1. The highest BCUT2D eigenvalue weighted by molar-refractivity contribution is 5.66. The van der Waals surface area contributed by atoms with Crippen molar-refractivity contribution in [1.29, 1.82) is 0 Å². The largest absolute Gasteiger partial charge is 0.442 e. The molecule has 4 nitrogen and oxygen atoms in total. The van der Waals surface area contributed by atoms with Crippen molar-refractivity contribution in [2.75, 3.05) is 6.61 Å². The van der Waals surface area contributed by atoms with E-state index in [1.165, 1.54) is 12.8 Å². The molecule has 1 saturated carbocycles. The van der Waals surface area contributed by atoms with Crippen molar-refractivity contribution in [3.05, 3.63) is 0 Å². The van der Waals surface area contributed by atoms with Gasteiger partial charge in [-0.15, -0.1) is 0 Å². The fourth-order valence-corrected chi connectivity index (χ4v) is 1.08. The minimum absolute atomic E-state index is 0.00810. The van der Waals surface area contributed by atoms with E-state index in [0.717, 1.165) is 0 Å². The van der Waals surface area contributed by atoms with Crippen molar-refractivity contribution in [3.8, 4) is 0 Å². The van der Waals surface area contributed by atoms with Crippen LogP contribution in [0, 0.1) is 5.92 Å². The maximum absolute atomic E-state index is 10.5. The summed E-state index contributed by atoms with van der Waals surface area (Å²) < 4.78 is 4.94. The SMILES string of the molecule is O=C1NOCC(C2CC2)O1. The van der Waals surface area contributed by atoms with Crippen LogP contribution in [0.3, 0.4) is 0 Å². The molecule has 1 unspecified atom stereocenters. The quantitative estimate of drug-likeness (QED) is 0.579. The topological polar surface area (TPSA) is 47.6 Å². The van der Waals surface area contributed by atoms with Crippen LogP contribution < -0.4 is 5.48 Å². The summed E-state index contributed by atoms with van der Waals surface area (Å²) in [5.74, 6) is 0.561. The minimum Gasteiger partial charge on any atom is -0.442 e. The smallest absolute Gasteiger partial charge is 0.431 e. The van der Waals surface area contributed by atoms with Gasteiger partial charge in [-0.1, -0.05) is 0 Å². The number of hydroxylamine groups is 1. The van der Waals surface area contributed by atoms with E-state index in [1.54, 1.807) is 0 Å². The molecule has 0 spiro atoms. The molecular weight excluding hydrogens is 134 g/mol. The lowest BCUT2D eigenvalue weighted by molar-refractivity contribution is -0.0796. The molecule has 4 heteroatoms. The highest BCUT2D eigenvalue weighted by atomic mass is 16.7. The zero-order valence-electron chi connectivity index (χ0n) is 5.50. The van der Waals surface area contributed by atoms with Gasteiger partial charge in [0.1, 0.15) is 12.7 Å². The zero-order valence-corrected chi connectivity index (χ0v) is 5.50. The van der Waals surface area contributed by atoms with Gasteiger partial charge in [0, 0.05) is 0 Å². The second-order valence-corrected chi connectivity index (χ2v) is 2.69. The van der Waals surface area contributed by atoms with Crippen LogP contribution in [-0.2, 0) is 9.57 Å². The lowest BCUT2D eigenvalue weighted by atomic mass is 10.2. The molecule has 0 radical (unpaired) electrons. The van der Waals surface area contributed by atoms with Gasteiger partial charge in [0.15, 0.2) is 0 Å². The molecule has 0 aromatic rings. The number of hydrogen-bond acceptors (Lipinski definition) is 3. The molecule has 0 aromatic carbocycles. The first-order valence-electron chi connectivity index (χ1n) is 3.44. The van der Waals surface area contributed by atoms with E-state index in [-0.39, 0.29) is 6.10 Å². The number of ether oxygens (including phenoxy) is 1. The molecule has 1 saturated heterocycles. The molecule has 1 aliphatic heterocycles. The molecule has 56 valence electrons. The summed E-state index contributed by atoms with van der Waals surface area (Å²) >= 11 is 0. The van der Waals surface area contributed by atoms with Crippen molar-refractivity contribution in [1.82, 2.24) is 5.48 Å². The first-order chi connectivity index (χ1) is 4.86. The Morgan fingerprint density at radius 1 is 1.50 bits per heavy atom. The molecule has 0 aromatic heterocycles. The predicted octanol–water partition coefficient (Wildman–Crippen LogP) is 0.436. The standard InChI is InChI=1S/C6H9NO3/c8-6-7-9-3-5(10-6)4-1-2-4/h4-5H,1-3H2,(H,7,8). The molecule has 1 atom stereocenters. The van der Waals surface area contributed by atoms with Gasteiger partial charge in [0.05, 0.1) is 0 Å². The van der Waals surface area contributed by atoms with Gasteiger partial charge in [-0.3, -0.25) is 4.84 Å². The Balaban J connectivity index is 1.89. The van der Waals surface area contributed by atoms with E-state index >= 15 is 0 Å². The minimum atomic E-state index is -0.455. The summed E-state index contributed by atoms with van der Waals surface area (Å²) in [6.45, 7) is 0.496. The van der Waals surface area contributed by atoms with Crippen molar-refractivity contribution < 1.29 is 14.4 Å². The highest BCUT2D eigenvalue weighted by Crippen LogP contribution is 2.34. The molecule has 1 N–H and O–H groups in total. The molecule has 2 aliphatic rings. The number of carbonyl (C=O) groups is 1. The number of amides is 1. The molecule has 2 fully saturated rings.